The molecule has 1 heterocycles. The SMILES string of the molecule is O=C1Nc2cccc(C=Cc3ccccc3)c2C1=O. The molecule has 0 saturated carbocycles. The molecular formula is C16H11NO2. The van der Waals surface area contributed by atoms with Gasteiger partial charge in [0.2, 0.25) is 0 Å². The molecule has 0 aliphatic carbocycles. The summed E-state index contributed by atoms with van der Waals surface area (Å²) in [6, 6.07) is 15.2. The van der Waals surface area contributed by atoms with E-state index in [4.69, 9.17) is 0 Å². The summed E-state index contributed by atoms with van der Waals surface area (Å²) < 4.78 is 0. The standard InChI is InChI=1S/C16H11NO2/c18-15-14-12(7-4-8-13(14)17-16(15)19)10-9-11-5-2-1-3-6-11/h1-10H,(H,17,18,19). The van der Waals surface area contributed by atoms with Crippen molar-refractivity contribution in [2.24, 2.45) is 0 Å². The Labute approximate surface area is 110 Å². The fourth-order valence-corrected chi connectivity index (χ4v) is 2.11. The molecule has 1 amide bonds. The maximum Gasteiger partial charge on any atom is 0.296 e. The lowest BCUT2D eigenvalue weighted by atomic mass is 10.0. The van der Waals surface area contributed by atoms with Gasteiger partial charge in [0.25, 0.3) is 11.7 Å². The van der Waals surface area contributed by atoms with Crippen LogP contribution >= 0.6 is 0 Å². The van der Waals surface area contributed by atoms with Crippen LogP contribution in [-0.4, -0.2) is 11.7 Å². The molecular weight excluding hydrogens is 238 g/mol. The molecule has 3 heteroatoms. The summed E-state index contributed by atoms with van der Waals surface area (Å²) in [7, 11) is 0. The number of nitrogens with one attached hydrogen (secondary N) is 1. The molecule has 3 nitrogen and oxygen atoms in total. The molecule has 0 atom stereocenters. The summed E-state index contributed by atoms with van der Waals surface area (Å²) >= 11 is 0. The predicted octanol–water partition coefficient (Wildman–Crippen LogP) is 2.99. The van der Waals surface area contributed by atoms with Crippen LogP contribution in [0.3, 0.4) is 0 Å². The fourth-order valence-electron chi connectivity index (χ4n) is 2.11. The molecule has 0 saturated heterocycles. The zero-order valence-corrected chi connectivity index (χ0v) is 10.1. The molecule has 2 aromatic carbocycles. The molecule has 0 unspecified atom stereocenters. The van der Waals surface area contributed by atoms with Crippen molar-refractivity contribution in [3.63, 3.8) is 0 Å². The van der Waals surface area contributed by atoms with Gasteiger partial charge in [-0.3, -0.25) is 9.59 Å². The lowest BCUT2D eigenvalue weighted by molar-refractivity contribution is -0.112. The third-order valence-electron chi connectivity index (χ3n) is 3.03. The van der Waals surface area contributed by atoms with Gasteiger partial charge in [0.1, 0.15) is 0 Å². The molecule has 0 radical (unpaired) electrons. The molecule has 92 valence electrons. The van der Waals surface area contributed by atoms with E-state index in [2.05, 4.69) is 5.32 Å². The molecule has 1 aliphatic heterocycles. The van der Waals surface area contributed by atoms with Gasteiger partial charge in [-0.15, -0.1) is 0 Å². The van der Waals surface area contributed by atoms with Crippen LogP contribution < -0.4 is 5.32 Å². The molecule has 0 spiro atoms. The molecule has 2 aromatic rings. The summed E-state index contributed by atoms with van der Waals surface area (Å²) in [6.45, 7) is 0. The van der Waals surface area contributed by atoms with E-state index in [1.165, 1.54) is 0 Å². The van der Waals surface area contributed by atoms with Crippen molar-refractivity contribution in [2.45, 2.75) is 0 Å². The van der Waals surface area contributed by atoms with Crippen LogP contribution in [0.1, 0.15) is 21.5 Å². The average molecular weight is 249 g/mol. The van der Waals surface area contributed by atoms with Crippen LogP contribution in [0.2, 0.25) is 0 Å². The molecule has 0 bridgehead atoms. The molecule has 19 heavy (non-hydrogen) atoms. The van der Waals surface area contributed by atoms with Crippen LogP contribution in [0.4, 0.5) is 5.69 Å². The normalized spacial score (nSPS) is 13.7. The second kappa shape index (κ2) is 4.53. The van der Waals surface area contributed by atoms with E-state index >= 15 is 0 Å². The number of anilines is 1. The van der Waals surface area contributed by atoms with Crippen LogP contribution in [0.5, 0.6) is 0 Å². The molecule has 0 aromatic heterocycles. The predicted molar refractivity (Wildman–Crippen MR) is 74.8 cm³/mol. The first-order valence-corrected chi connectivity index (χ1v) is 5.97. The van der Waals surface area contributed by atoms with Crippen LogP contribution in [0.15, 0.2) is 48.5 Å². The number of Topliss-reactive ketones (excluding diaryl/α,β-unsaturated/α-hetero) is 1. The number of amides is 1. The van der Waals surface area contributed by atoms with Crippen molar-refractivity contribution in [3.8, 4) is 0 Å². The van der Waals surface area contributed by atoms with Crippen molar-refractivity contribution in [3.05, 3.63) is 65.2 Å². The van der Waals surface area contributed by atoms with Gasteiger partial charge in [0.05, 0.1) is 11.3 Å². The topological polar surface area (TPSA) is 46.2 Å². The lowest BCUT2D eigenvalue weighted by Crippen LogP contribution is -2.12. The fraction of sp³-hybridized carbons (Fsp3) is 0. The van der Waals surface area contributed by atoms with Crippen LogP contribution in [0.25, 0.3) is 12.2 Å². The Balaban J connectivity index is 2.00. The summed E-state index contributed by atoms with van der Waals surface area (Å²) in [4.78, 5) is 23.2. The van der Waals surface area contributed by atoms with Gasteiger partial charge >= 0.3 is 0 Å². The number of fused-ring (bicyclic) bond motifs is 1. The smallest absolute Gasteiger partial charge is 0.296 e. The van der Waals surface area contributed by atoms with Gasteiger partial charge in [-0.1, -0.05) is 54.6 Å². The van der Waals surface area contributed by atoms with Crippen molar-refractivity contribution in [1.82, 2.24) is 0 Å². The summed E-state index contributed by atoms with van der Waals surface area (Å²) in [5, 5.41) is 2.56. The first kappa shape index (κ1) is 11.4. The second-order valence-electron chi connectivity index (χ2n) is 4.30. The Morgan fingerprint density at radius 1 is 0.842 bits per heavy atom. The minimum absolute atomic E-state index is 0.458. The molecule has 3 rings (SSSR count). The number of hydrogen-bond donors (Lipinski definition) is 1. The highest BCUT2D eigenvalue weighted by atomic mass is 16.2. The van der Waals surface area contributed by atoms with E-state index in [1.807, 2.05) is 54.6 Å². The van der Waals surface area contributed by atoms with Crippen molar-refractivity contribution >= 4 is 29.5 Å². The Morgan fingerprint density at radius 3 is 2.42 bits per heavy atom. The van der Waals surface area contributed by atoms with E-state index in [-0.39, 0.29) is 0 Å². The van der Waals surface area contributed by atoms with Crippen molar-refractivity contribution < 1.29 is 9.59 Å². The first-order valence-electron chi connectivity index (χ1n) is 5.97. The van der Waals surface area contributed by atoms with Gasteiger partial charge in [0.15, 0.2) is 0 Å². The highest BCUT2D eigenvalue weighted by Gasteiger charge is 2.29. The monoisotopic (exact) mass is 249 g/mol. The van der Waals surface area contributed by atoms with Gasteiger partial charge in [-0.25, -0.2) is 0 Å². The first-order chi connectivity index (χ1) is 9.25. The van der Waals surface area contributed by atoms with Crippen LogP contribution in [-0.2, 0) is 4.79 Å². The third kappa shape index (κ3) is 2.06. The van der Waals surface area contributed by atoms with E-state index < -0.39 is 11.7 Å². The second-order valence-corrected chi connectivity index (χ2v) is 4.30. The van der Waals surface area contributed by atoms with Gasteiger partial charge in [-0.05, 0) is 17.2 Å². The zero-order chi connectivity index (χ0) is 13.2. The maximum atomic E-state index is 11.8. The van der Waals surface area contributed by atoms with E-state index in [1.54, 1.807) is 6.07 Å². The molecule has 0 fully saturated rings. The Kier molecular flexibility index (Phi) is 2.72. The third-order valence-corrected chi connectivity index (χ3v) is 3.03. The highest BCUT2D eigenvalue weighted by Crippen LogP contribution is 2.27. The number of carbonyl (C=O) groups excluding carboxylic acids is 2. The number of hydrogen-bond acceptors (Lipinski definition) is 2. The molecule has 1 aliphatic rings. The number of carbonyl (C=O) groups is 2. The van der Waals surface area contributed by atoms with Gasteiger partial charge < -0.3 is 5.32 Å². The zero-order valence-electron chi connectivity index (χ0n) is 10.1. The average Bonchev–Trinajstić information content (AvgIpc) is 2.74. The van der Waals surface area contributed by atoms with Crippen molar-refractivity contribution in [1.29, 1.82) is 0 Å². The largest absolute Gasteiger partial charge is 0.318 e. The van der Waals surface area contributed by atoms with Gasteiger partial charge in [0, 0.05) is 0 Å². The van der Waals surface area contributed by atoms with E-state index in [0.717, 1.165) is 11.1 Å². The lowest BCUT2D eigenvalue weighted by Gasteiger charge is -2.01. The van der Waals surface area contributed by atoms with E-state index in [9.17, 15) is 9.59 Å². The van der Waals surface area contributed by atoms with Crippen molar-refractivity contribution in [2.75, 3.05) is 5.32 Å². The minimum Gasteiger partial charge on any atom is -0.318 e. The number of rotatable bonds is 2. The Hall–Kier alpha value is -2.68. The van der Waals surface area contributed by atoms with Crippen LogP contribution in [0, 0.1) is 0 Å². The highest BCUT2D eigenvalue weighted by molar-refractivity contribution is 6.52. The minimum atomic E-state index is -0.560. The number of ketones is 1. The number of benzene rings is 2. The Morgan fingerprint density at radius 2 is 1.63 bits per heavy atom. The quantitative estimate of drug-likeness (QED) is 0.657. The van der Waals surface area contributed by atoms with E-state index in [0.29, 0.717) is 11.3 Å². The maximum absolute atomic E-state index is 11.8. The summed E-state index contributed by atoms with van der Waals surface area (Å²) in [6.07, 6.45) is 3.78. The molecule has 1 N–H and O–H groups in total. The summed E-state index contributed by atoms with van der Waals surface area (Å²) in [5.41, 5.74) is 2.85. The summed E-state index contributed by atoms with van der Waals surface area (Å²) in [5.74, 6) is -1.03. The Bertz CT molecular complexity index is 687. The van der Waals surface area contributed by atoms with Gasteiger partial charge in [-0.2, -0.15) is 0 Å².